The first-order valence-corrected chi connectivity index (χ1v) is 5.21. The van der Waals surface area contributed by atoms with Crippen molar-refractivity contribution < 1.29 is 28.5 Å². The third-order valence-electron chi connectivity index (χ3n) is 1.85. The van der Waals surface area contributed by atoms with E-state index in [2.05, 4.69) is 0 Å². The third-order valence-corrected chi connectivity index (χ3v) is 1.85. The SMILES string of the molecule is CCCC(=O)OCC1OCC(OC(C)=O)O1. The number of carbonyl (C=O) groups is 2. The highest BCUT2D eigenvalue weighted by Gasteiger charge is 2.29. The standard InChI is InChI=1S/C10H16O6/c1-3-4-8(12)13-5-9-14-6-10(16-9)15-7(2)11/h9-10H,3-6H2,1-2H3. The van der Waals surface area contributed by atoms with Gasteiger partial charge >= 0.3 is 11.9 Å². The Kier molecular flexibility index (Phi) is 5.21. The van der Waals surface area contributed by atoms with Crippen LogP contribution in [0.1, 0.15) is 26.7 Å². The molecule has 0 bridgehead atoms. The van der Waals surface area contributed by atoms with Crippen LogP contribution in [-0.2, 0) is 28.5 Å². The highest BCUT2D eigenvalue weighted by atomic mass is 16.8. The molecular formula is C10H16O6. The van der Waals surface area contributed by atoms with Crippen molar-refractivity contribution in [1.82, 2.24) is 0 Å². The van der Waals surface area contributed by atoms with E-state index in [-0.39, 0.29) is 19.2 Å². The minimum atomic E-state index is -0.702. The molecule has 1 aliphatic rings. The van der Waals surface area contributed by atoms with Crippen molar-refractivity contribution in [3.8, 4) is 0 Å². The summed E-state index contributed by atoms with van der Waals surface area (Å²) in [5, 5.41) is 0. The van der Waals surface area contributed by atoms with Crippen LogP contribution in [0.3, 0.4) is 0 Å². The Labute approximate surface area is 93.8 Å². The lowest BCUT2D eigenvalue weighted by molar-refractivity contribution is -0.183. The van der Waals surface area contributed by atoms with E-state index in [1.54, 1.807) is 0 Å². The molecule has 92 valence electrons. The monoisotopic (exact) mass is 232 g/mol. The van der Waals surface area contributed by atoms with Gasteiger partial charge in [-0.2, -0.15) is 0 Å². The van der Waals surface area contributed by atoms with Crippen molar-refractivity contribution in [3.63, 3.8) is 0 Å². The summed E-state index contributed by atoms with van der Waals surface area (Å²) in [6.07, 6.45) is -0.237. The lowest BCUT2D eigenvalue weighted by Crippen LogP contribution is -2.22. The molecule has 0 aromatic carbocycles. The molecule has 0 spiro atoms. The van der Waals surface area contributed by atoms with Crippen LogP contribution in [0.2, 0.25) is 0 Å². The summed E-state index contributed by atoms with van der Waals surface area (Å²) in [6.45, 7) is 3.37. The first-order valence-electron chi connectivity index (χ1n) is 5.21. The number of hydrogen-bond acceptors (Lipinski definition) is 6. The average Bonchev–Trinajstić information content (AvgIpc) is 2.62. The maximum Gasteiger partial charge on any atom is 0.305 e. The van der Waals surface area contributed by atoms with Crippen molar-refractivity contribution in [3.05, 3.63) is 0 Å². The summed E-state index contributed by atoms with van der Waals surface area (Å²) < 4.78 is 19.9. The van der Waals surface area contributed by atoms with Crippen molar-refractivity contribution in [2.24, 2.45) is 0 Å². The van der Waals surface area contributed by atoms with Gasteiger partial charge in [-0.15, -0.1) is 0 Å². The molecule has 0 saturated carbocycles. The number of hydrogen-bond donors (Lipinski definition) is 0. The Morgan fingerprint density at radius 2 is 2.19 bits per heavy atom. The average molecular weight is 232 g/mol. The number of ether oxygens (including phenoxy) is 4. The van der Waals surface area contributed by atoms with Crippen LogP contribution in [0.5, 0.6) is 0 Å². The van der Waals surface area contributed by atoms with Crippen molar-refractivity contribution >= 4 is 11.9 Å². The Morgan fingerprint density at radius 3 is 2.81 bits per heavy atom. The van der Waals surface area contributed by atoms with E-state index in [1.165, 1.54) is 6.92 Å². The van der Waals surface area contributed by atoms with Gasteiger partial charge in [0.1, 0.15) is 13.2 Å². The molecule has 0 N–H and O–H groups in total. The Morgan fingerprint density at radius 1 is 1.44 bits per heavy atom. The van der Waals surface area contributed by atoms with Gasteiger partial charge in [-0.25, -0.2) is 0 Å². The maximum atomic E-state index is 11.0. The number of carbonyl (C=O) groups excluding carboxylic acids is 2. The molecule has 6 heteroatoms. The fraction of sp³-hybridized carbons (Fsp3) is 0.800. The van der Waals surface area contributed by atoms with Gasteiger partial charge in [-0.05, 0) is 6.42 Å². The summed E-state index contributed by atoms with van der Waals surface area (Å²) in [4.78, 5) is 21.7. The van der Waals surface area contributed by atoms with Gasteiger partial charge in [-0.3, -0.25) is 9.59 Å². The molecular weight excluding hydrogens is 216 g/mol. The molecule has 2 atom stereocenters. The Hall–Kier alpha value is -1.14. The van der Waals surface area contributed by atoms with Crippen molar-refractivity contribution in [2.75, 3.05) is 13.2 Å². The van der Waals surface area contributed by atoms with E-state index in [4.69, 9.17) is 18.9 Å². The van der Waals surface area contributed by atoms with Crippen LogP contribution in [0, 0.1) is 0 Å². The fourth-order valence-electron chi connectivity index (χ4n) is 1.21. The van der Waals surface area contributed by atoms with Gasteiger partial charge in [0.05, 0.1) is 0 Å². The van der Waals surface area contributed by atoms with Gasteiger partial charge < -0.3 is 18.9 Å². The molecule has 0 amide bonds. The van der Waals surface area contributed by atoms with Crippen LogP contribution >= 0.6 is 0 Å². The predicted molar refractivity (Wildman–Crippen MR) is 52.2 cm³/mol. The van der Waals surface area contributed by atoms with Crippen LogP contribution < -0.4 is 0 Å². The van der Waals surface area contributed by atoms with E-state index in [9.17, 15) is 9.59 Å². The van der Waals surface area contributed by atoms with E-state index >= 15 is 0 Å². The normalized spacial score (nSPS) is 24.1. The van der Waals surface area contributed by atoms with Gasteiger partial charge in [0.15, 0.2) is 6.29 Å². The quantitative estimate of drug-likeness (QED) is 0.646. The molecule has 0 radical (unpaired) electrons. The first kappa shape index (κ1) is 12.9. The summed E-state index contributed by atoms with van der Waals surface area (Å²) in [5.74, 6) is -0.720. The Bertz CT molecular complexity index is 252. The first-order chi connectivity index (χ1) is 7.61. The zero-order valence-electron chi connectivity index (χ0n) is 9.43. The molecule has 0 aromatic rings. The highest BCUT2D eigenvalue weighted by molar-refractivity contribution is 5.69. The summed E-state index contributed by atoms with van der Waals surface area (Å²) in [7, 11) is 0. The van der Waals surface area contributed by atoms with Gasteiger partial charge in [0.2, 0.25) is 6.29 Å². The van der Waals surface area contributed by atoms with Crippen molar-refractivity contribution in [2.45, 2.75) is 39.3 Å². The van der Waals surface area contributed by atoms with E-state index in [0.29, 0.717) is 6.42 Å². The molecule has 1 heterocycles. The van der Waals surface area contributed by atoms with Crippen LogP contribution in [-0.4, -0.2) is 37.7 Å². The van der Waals surface area contributed by atoms with Crippen LogP contribution in [0.15, 0.2) is 0 Å². The number of rotatable bonds is 5. The molecule has 16 heavy (non-hydrogen) atoms. The Balaban J connectivity index is 2.16. The zero-order chi connectivity index (χ0) is 12.0. The molecule has 6 nitrogen and oxygen atoms in total. The maximum absolute atomic E-state index is 11.0. The molecule has 1 rings (SSSR count). The second kappa shape index (κ2) is 6.44. The molecule has 2 unspecified atom stereocenters. The lowest BCUT2D eigenvalue weighted by atomic mass is 10.3. The summed E-state index contributed by atoms with van der Waals surface area (Å²) >= 11 is 0. The highest BCUT2D eigenvalue weighted by Crippen LogP contribution is 2.13. The smallest absolute Gasteiger partial charge is 0.305 e. The van der Waals surface area contributed by atoms with E-state index in [1.807, 2.05) is 6.92 Å². The zero-order valence-corrected chi connectivity index (χ0v) is 9.43. The minimum absolute atomic E-state index is 0.0244. The van der Waals surface area contributed by atoms with E-state index < -0.39 is 18.5 Å². The summed E-state index contributed by atoms with van der Waals surface area (Å²) in [5.41, 5.74) is 0. The fourth-order valence-corrected chi connectivity index (χ4v) is 1.21. The van der Waals surface area contributed by atoms with Gasteiger partial charge in [0.25, 0.3) is 0 Å². The molecule has 0 aliphatic carbocycles. The van der Waals surface area contributed by atoms with Crippen LogP contribution in [0.4, 0.5) is 0 Å². The third kappa shape index (κ3) is 4.59. The molecule has 0 aromatic heterocycles. The van der Waals surface area contributed by atoms with Gasteiger partial charge in [-0.1, -0.05) is 6.92 Å². The van der Waals surface area contributed by atoms with Crippen molar-refractivity contribution in [1.29, 1.82) is 0 Å². The second-order valence-corrected chi connectivity index (χ2v) is 3.37. The summed E-state index contributed by atoms with van der Waals surface area (Å²) in [6, 6.07) is 0. The lowest BCUT2D eigenvalue weighted by Gasteiger charge is -2.11. The predicted octanol–water partition coefficient (Wildman–Crippen LogP) is 0.592. The minimum Gasteiger partial charge on any atom is -0.460 e. The largest absolute Gasteiger partial charge is 0.460 e. The molecule has 1 saturated heterocycles. The van der Waals surface area contributed by atoms with Crippen LogP contribution in [0.25, 0.3) is 0 Å². The van der Waals surface area contributed by atoms with Gasteiger partial charge in [0, 0.05) is 13.3 Å². The van der Waals surface area contributed by atoms with E-state index in [0.717, 1.165) is 6.42 Å². The second-order valence-electron chi connectivity index (χ2n) is 3.37. The molecule has 1 fully saturated rings. The number of esters is 2. The topological polar surface area (TPSA) is 71.1 Å². The molecule has 1 aliphatic heterocycles.